The van der Waals surface area contributed by atoms with E-state index in [1.54, 1.807) is 0 Å². The van der Waals surface area contributed by atoms with Crippen molar-refractivity contribution in [2.75, 3.05) is 0 Å². The van der Waals surface area contributed by atoms with Gasteiger partial charge in [0.05, 0.1) is 6.10 Å². The summed E-state index contributed by atoms with van der Waals surface area (Å²) in [6, 6.07) is 0. The van der Waals surface area contributed by atoms with Crippen LogP contribution in [-0.4, -0.2) is 11.2 Å². The van der Waals surface area contributed by atoms with Gasteiger partial charge in [0, 0.05) is 0 Å². The molecule has 0 aliphatic heterocycles. The summed E-state index contributed by atoms with van der Waals surface area (Å²) in [5.41, 5.74) is 6.49. The first kappa shape index (κ1) is 25.5. The van der Waals surface area contributed by atoms with E-state index in [4.69, 9.17) is 0 Å². The third-order valence-electron chi connectivity index (χ3n) is 13.2. The van der Waals surface area contributed by atoms with Crippen molar-refractivity contribution in [3.05, 3.63) is 22.8 Å². The molecule has 4 aliphatic carbocycles. The van der Waals surface area contributed by atoms with E-state index < -0.39 is 0 Å². The van der Waals surface area contributed by atoms with Gasteiger partial charge in [0.2, 0.25) is 0 Å². The Morgan fingerprint density at radius 3 is 2.18 bits per heavy atom. The average molecular weight is 455 g/mol. The van der Waals surface area contributed by atoms with E-state index in [2.05, 4.69) is 68.4 Å². The Kier molecular flexibility index (Phi) is 6.38. The highest BCUT2D eigenvalue weighted by Crippen LogP contribution is 2.75. The molecule has 1 heteroatoms. The standard InChI is InChI=1S/C32H54O/c1-10-28(5)27(33)17-20-31(8)26-15-19-29(6)24(23(4)13-11-12-22(2)3)14-18-30(29,7)25(26)16-21-32(28,31)9/h12,23-24,27,33H,10-11,13-21H2,1-9H3. The first-order chi connectivity index (χ1) is 15.3. The molecule has 4 rings (SSSR count). The molecule has 1 nitrogen and oxygen atoms in total. The molecular formula is C32H54O. The van der Waals surface area contributed by atoms with Gasteiger partial charge in [-0.2, -0.15) is 0 Å². The molecule has 0 bridgehead atoms. The number of aliphatic hydroxyl groups is 1. The molecular weight excluding hydrogens is 400 g/mol. The fraction of sp³-hybridized carbons (Fsp3) is 0.875. The van der Waals surface area contributed by atoms with Gasteiger partial charge >= 0.3 is 0 Å². The number of hydrogen-bond donors (Lipinski definition) is 1. The van der Waals surface area contributed by atoms with Gasteiger partial charge in [-0.3, -0.25) is 0 Å². The first-order valence-corrected chi connectivity index (χ1v) is 14.3. The van der Waals surface area contributed by atoms with E-state index in [0.717, 1.165) is 24.7 Å². The lowest BCUT2D eigenvalue weighted by atomic mass is 9.37. The summed E-state index contributed by atoms with van der Waals surface area (Å²) in [4.78, 5) is 0. The van der Waals surface area contributed by atoms with Crippen molar-refractivity contribution in [3.8, 4) is 0 Å². The van der Waals surface area contributed by atoms with E-state index >= 15 is 0 Å². The fourth-order valence-electron chi connectivity index (χ4n) is 10.1. The fourth-order valence-corrected chi connectivity index (χ4v) is 10.1. The number of aliphatic hydroxyl groups excluding tert-OH is 1. The lowest BCUT2D eigenvalue weighted by Gasteiger charge is -2.68. The van der Waals surface area contributed by atoms with E-state index in [0.29, 0.717) is 10.8 Å². The summed E-state index contributed by atoms with van der Waals surface area (Å²) in [7, 11) is 0. The molecule has 2 fully saturated rings. The molecule has 4 aliphatic rings. The number of fused-ring (bicyclic) bond motifs is 4. The Morgan fingerprint density at radius 1 is 0.939 bits per heavy atom. The zero-order chi connectivity index (χ0) is 24.4. The zero-order valence-corrected chi connectivity index (χ0v) is 23.5. The monoisotopic (exact) mass is 454 g/mol. The third-order valence-corrected chi connectivity index (χ3v) is 13.2. The second-order valence-electron chi connectivity index (χ2n) is 14.2. The van der Waals surface area contributed by atoms with Crippen molar-refractivity contribution >= 4 is 0 Å². The van der Waals surface area contributed by atoms with Crippen LogP contribution in [0.25, 0.3) is 0 Å². The van der Waals surface area contributed by atoms with Crippen LogP contribution in [0.2, 0.25) is 0 Å². The maximum atomic E-state index is 11.2. The summed E-state index contributed by atoms with van der Waals surface area (Å²) in [6.07, 6.45) is 16.1. The van der Waals surface area contributed by atoms with Gasteiger partial charge in [0.15, 0.2) is 0 Å². The van der Waals surface area contributed by atoms with Crippen LogP contribution in [0.1, 0.15) is 133 Å². The Labute approximate surface area is 205 Å². The summed E-state index contributed by atoms with van der Waals surface area (Å²) in [6.45, 7) is 22.3. The van der Waals surface area contributed by atoms with Crippen molar-refractivity contribution in [2.45, 2.75) is 139 Å². The van der Waals surface area contributed by atoms with Crippen LogP contribution in [0.15, 0.2) is 22.8 Å². The molecule has 1 N–H and O–H groups in total. The molecule has 188 valence electrons. The molecule has 0 aromatic carbocycles. The number of hydrogen-bond acceptors (Lipinski definition) is 1. The molecule has 0 amide bonds. The lowest BCUT2D eigenvalue weighted by molar-refractivity contribution is -0.169. The van der Waals surface area contributed by atoms with E-state index in [9.17, 15) is 5.11 Å². The van der Waals surface area contributed by atoms with Gasteiger partial charge in [0.1, 0.15) is 0 Å². The minimum atomic E-state index is -0.148. The molecule has 0 spiro atoms. The van der Waals surface area contributed by atoms with Crippen LogP contribution in [0, 0.1) is 38.9 Å². The second-order valence-corrected chi connectivity index (χ2v) is 14.2. The van der Waals surface area contributed by atoms with Crippen LogP contribution in [-0.2, 0) is 0 Å². The van der Waals surface area contributed by atoms with Gasteiger partial charge in [-0.15, -0.1) is 0 Å². The van der Waals surface area contributed by atoms with Crippen LogP contribution in [0.5, 0.6) is 0 Å². The van der Waals surface area contributed by atoms with Crippen LogP contribution in [0.3, 0.4) is 0 Å². The highest BCUT2D eigenvalue weighted by atomic mass is 16.3. The largest absolute Gasteiger partial charge is 0.393 e. The second kappa shape index (κ2) is 8.25. The zero-order valence-electron chi connectivity index (χ0n) is 23.5. The molecule has 8 atom stereocenters. The van der Waals surface area contributed by atoms with Crippen LogP contribution < -0.4 is 0 Å². The van der Waals surface area contributed by atoms with E-state index in [1.807, 2.05) is 11.1 Å². The summed E-state index contributed by atoms with van der Waals surface area (Å²) in [5, 5.41) is 11.2. The van der Waals surface area contributed by atoms with Gasteiger partial charge in [-0.1, -0.05) is 71.3 Å². The van der Waals surface area contributed by atoms with Crippen molar-refractivity contribution < 1.29 is 5.11 Å². The Morgan fingerprint density at radius 2 is 1.55 bits per heavy atom. The molecule has 33 heavy (non-hydrogen) atoms. The molecule has 0 saturated heterocycles. The minimum Gasteiger partial charge on any atom is -0.393 e. The molecule has 0 heterocycles. The highest BCUT2D eigenvalue weighted by Gasteiger charge is 2.67. The average Bonchev–Trinajstić information content (AvgIpc) is 3.04. The van der Waals surface area contributed by atoms with Crippen molar-refractivity contribution in [2.24, 2.45) is 38.9 Å². The van der Waals surface area contributed by atoms with Crippen LogP contribution >= 0.6 is 0 Å². The molecule has 2 saturated carbocycles. The first-order valence-electron chi connectivity index (χ1n) is 14.3. The van der Waals surface area contributed by atoms with Crippen LogP contribution in [0.4, 0.5) is 0 Å². The number of rotatable bonds is 5. The molecule has 0 aromatic rings. The Balaban J connectivity index is 1.70. The molecule has 0 radical (unpaired) electrons. The van der Waals surface area contributed by atoms with Crippen molar-refractivity contribution in [1.82, 2.24) is 0 Å². The predicted molar refractivity (Wildman–Crippen MR) is 142 cm³/mol. The third kappa shape index (κ3) is 3.26. The Hall–Kier alpha value is -0.560. The predicted octanol–water partition coefficient (Wildman–Crippen LogP) is 9.26. The summed E-state index contributed by atoms with van der Waals surface area (Å²) < 4.78 is 0. The highest BCUT2D eigenvalue weighted by molar-refractivity contribution is 5.40. The summed E-state index contributed by atoms with van der Waals surface area (Å²) in [5.74, 6) is 1.67. The molecule has 0 aromatic heterocycles. The van der Waals surface area contributed by atoms with Gasteiger partial charge < -0.3 is 5.11 Å². The topological polar surface area (TPSA) is 20.2 Å². The Bertz CT molecular complexity index is 831. The van der Waals surface area contributed by atoms with Crippen molar-refractivity contribution in [1.29, 1.82) is 0 Å². The smallest absolute Gasteiger partial charge is 0.0599 e. The van der Waals surface area contributed by atoms with Gasteiger partial charge in [-0.05, 0) is 123 Å². The lowest BCUT2D eigenvalue weighted by Crippen LogP contribution is -2.61. The molecule has 8 unspecified atom stereocenters. The van der Waals surface area contributed by atoms with Crippen molar-refractivity contribution in [3.63, 3.8) is 0 Å². The van der Waals surface area contributed by atoms with Gasteiger partial charge in [-0.25, -0.2) is 0 Å². The number of allylic oxidation sites excluding steroid dienone is 4. The normalized spacial score (nSPS) is 48.1. The quantitative estimate of drug-likeness (QED) is 0.410. The maximum Gasteiger partial charge on any atom is 0.0599 e. The van der Waals surface area contributed by atoms with E-state index in [1.165, 1.54) is 63.4 Å². The SMILES string of the molecule is CCC1(C)C(O)CCC2(C)C3=C(CCC21C)C1(C)CCC(C(C)CCC=C(C)C)C1(C)CC3. The van der Waals surface area contributed by atoms with Gasteiger partial charge in [0.25, 0.3) is 0 Å². The minimum absolute atomic E-state index is 0.0256. The maximum absolute atomic E-state index is 11.2. The summed E-state index contributed by atoms with van der Waals surface area (Å²) >= 11 is 0. The van der Waals surface area contributed by atoms with E-state index in [-0.39, 0.29) is 22.3 Å².